The van der Waals surface area contributed by atoms with Gasteiger partial charge in [0.15, 0.2) is 0 Å². The molecule has 3 amide bonds. The molecule has 6 rings (SSSR count). The van der Waals surface area contributed by atoms with Crippen molar-refractivity contribution in [3.8, 4) is 11.1 Å². The first-order valence-electron chi connectivity index (χ1n) is 13.3. The van der Waals surface area contributed by atoms with E-state index in [-0.39, 0.29) is 17.4 Å². The highest BCUT2D eigenvalue weighted by molar-refractivity contribution is 8.18. The van der Waals surface area contributed by atoms with Gasteiger partial charge in [0.1, 0.15) is 17.6 Å². The first kappa shape index (κ1) is 26.9. The van der Waals surface area contributed by atoms with E-state index in [1.54, 1.807) is 22.3 Å². The van der Waals surface area contributed by atoms with Crippen LogP contribution in [0.2, 0.25) is 0 Å². The molecule has 0 saturated carbocycles. The highest BCUT2D eigenvalue weighted by atomic mass is 32.2. The van der Waals surface area contributed by atoms with E-state index in [4.69, 9.17) is 0 Å². The van der Waals surface area contributed by atoms with Crippen molar-refractivity contribution in [2.45, 2.75) is 13.8 Å². The molecular weight excluding hydrogens is 555 g/mol. The van der Waals surface area contributed by atoms with Crippen LogP contribution in [0.15, 0.2) is 65.6 Å². The number of aryl methyl sites for hydroxylation is 1. The van der Waals surface area contributed by atoms with E-state index in [9.17, 15) is 19.6 Å². The molecule has 4 aromatic rings. The minimum absolute atomic E-state index is 0.228. The molecule has 2 fully saturated rings. The van der Waals surface area contributed by atoms with Crippen LogP contribution in [0.25, 0.3) is 21.2 Å². The first-order valence-corrected chi connectivity index (χ1v) is 14.9. The molecule has 2 aromatic carbocycles. The average molecular weight is 582 g/mol. The fourth-order valence-corrected chi connectivity index (χ4v) is 7.50. The van der Waals surface area contributed by atoms with Crippen LogP contribution >= 0.6 is 23.1 Å². The van der Waals surface area contributed by atoms with Gasteiger partial charge in [0, 0.05) is 53.3 Å². The molecule has 8 nitrogen and oxygen atoms in total. The lowest BCUT2D eigenvalue weighted by Crippen LogP contribution is -2.51. The Hall–Kier alpha value is -4.33. The third-order valence-electron chi connectivity index (χ3n) is 7.57. The monoisotopic (exact) mass is 581 g/mol. The van der Waals surface area contributed by atoms with Gasteiger partial charge in [-0.15, -0.1) is 11.3 Å². The largest absolute Gasteiger partial charge is 0.368 e. The van der Waals surface area contributed by atoms with Gasteiger partial charge in [0.05, 0.1) is 10.5 Å². The normalized spacial score (nSPS) is 16.7. The number of imide groups is 1. The Morgan fingerprint density at radius 2 is 1.71 bits per heavy atom. The Bertz CT molecular complexity index is 1760. The molecule has 0 radical (unpaired) electrons. The van der Waals surface area contributed by atoms with Gasteiger partial charge in [-0.2, -0.15) is 5.26 Å². The third kappa shape index (κ3) is 4.92. The van der Waals surface area contributed by atoms with Gasteiger partial charge < -0.3 is 14.4 Å². The van der Waals surface area contributed by atoms with Gasteiger partial charge in [-0.1, -0.05) is 36.4 Å². The molecule has 0 unspecified atom stereocenters. The number of thioether (sulfide) groups is 1. The second-order valence-electron chi connectivity index (χ2n) is 10.0. The summed E-state index contributed by atoms with van der Waals surface area (Å²) in [6.07, 6.45) is 1.71. The molecule has 2 aliphatic heterocycles. The van der Waals surface area contributed by atoms with E-state index in [1.807, 2.05) is 79.1 Å². The van der Waals surface area contributed by atoms with Crippen molar-refractivity contribution in [2.75, 3.05) is 37.6 Å². The van der Waals surface area contributed by atoms with Crippen molar-refractivity contribution in [1.82, 2.24) is 14.4 Å². The third-order valence-corrected chi connectivity index (χ3v) is 9.63. The molecule has 0 bridgehead atoms. The summed E-state index contributed by atoms with van der Waals surface area (Å²) < 4.78 is 3.05. The second kappa shape index (κ2) is 10.9. The number of hydrogen-bond acceptors (Lipinski definition) is 7. The zero-order valence-electron chi connectivity index (χ0n) is 22.7. The number of nitriles is 1. The van der Waals surface area contributed by atoms with Crippen molar-refractivity contribution in [2.24, 2.45) is 0 Å². The summed E-state index contributed by atoms with van der Waals surface area (Å²) >= 11 is 2.40. The molecule has 10 heteroatoms. The summed E-state index contributed by atoms with van der Waals surface area (Å²) in [4.78, 5) is 44.4. The summed E-state index contributed by atoms with van der Waals surface area (Å²) in [6.45, 7) is 6.09. The minimum atomic E-state index is -0.458. The Morgan fingerprint density at radius 1 is 1.00 bits per heavy atom. The number of rotatable bonds is 5. The predicted octanol–water partition coefficient (Wildman–Crippen LogP) is 5.57. The number of aromatic nitrogens is 1. The van der Waals surface area contributed by atoms with Gasteiger partial charge in [-0.25, -0.2) is 0 Å². The summed E-state index contributed by atoms with van der Waals surface area (Å²) in [5, 5.41) is 11.2. The van der Waals surface area contributed by atoms with Crippen LogP contribution in [-0.4, -0.2) is 64.1 Å². The predicted molar refractivity (Wildman–Crippen MR) is 163 cm³/mol. The summed E-state index contributed by atoms with van der Waals surface area (Å²) in [7, 11) is 0. The molecular formula is C31H27N5O3S2. The number of amides is 3. The Morgan fingerprint density at radius 3 is 2.44 bits per heavy atom. The van der Waals surface area contributed by atoms with E-state index in [2.05, 4.69) is 11.0 Å². The molecule has 41 heavy (non-hydrogen) atoms. The molecule has 2 aromatic heterocycles. The summed E-state index contributed by atoms with van der Waals surface area (Å²) in [6, 6.07) is 22.2. The molecule has 206 valence electrons. The molecule has 0 spiro atoms. The van der Waals surface area contributed by atoms with Gasteiger partial charge in [-0.05, 0) is 61.5 Å². The molecule has 0 atom stereocenters. The Labute approximate surface area is 246 Å². The quantitative estimate of drug-likeness (QED) is 0.287. The SMILES string of the molecule is Cc1cc(/C=C2/SC(=O)N(CC(=O)N3CCN(c4ccccc4)CC3)C2=O)c(C)n1-c1sc2ccccc2c1C#N. The maximum Gasteiger partial charge on any atom is 0.294 e. The number of fused-ring (bicyclic) bond motifs is 1. The molecule has 2 saturated heterocycles. The van der Waals surface area contributed by atoms with E-state index in [0.717, 1.165) is 54.4 Å². The van der Waals surface area contributed by atoms with Gasteiger partial charge in [-0.3, -0.25) is 19.3 Å². The summed E-state index contributed by atoms with van der Waals surface area (Å²) in [5.41, 5.74) is 4.30. The average Bonchev–Trinajstić information content (AvgIpc) is 3.59. The highest BCUT2D eigenvalue weighted by Crippen LogP contribution is 2.38. The number of para-hydroxylation sites is 1. The zero-order valence-corrected chi connectivity index (χ0v) is 24.3. The van der Waals surface area contributed by atoms with Crippen LogP contribution in [0.4, 0.5) is 10.5 Å². The maximum absolute atomic E-state index is 13.3. The second-order valence-corrected chi connectivity index (χ2v) is 12.0. The van der Waals surface area contributed by atoms with Crippen LogP contribution in [0.5, 0.6) is 0 Å². The highest BCUT2D eigenvalue weighted by Gasteiger charge is 2.37. The van der Waals surface area contributed by atoms with E-state index in [1.165, 1.54) is 0 Å². The van der Waals surface area contributed by atoms with Crippen LogP contribution < -0.4 is 4.90 Å². The molecule has 2 aliphatic rings. The van der Waals surface area contributed by atoms with Crippen LogP contribution in [0.1, 0.15) is 22.5 Å². The lowest BCUT2D eigenvalue weighted by atomic mass is 10.2. The topological polar surface area (TPSA) is 89.7 Å². The lowest BCUT2D eigenvalue weighted by molar-refractivity contribution is -0.136. The number of carbonyl (C=O) groups excluding carboxylic acids is 3. The number of piperazine rings is 1. The van der Waals surface area contributed by atoms with Crippen molar-refractivity contribution < 1.29 is 14.4 Å². The number of anilines is 1. The minimum Gasteiger partial charge on any atom is -0.368 e. The standard InChI is InChI=1S/C31H27N5O3S2/c1-20-16-22(21(2)36(20)30-25(18-32)24-10-6-7-11-26(24)40-30)17-27-29(38)35(31(39)41-27)19-28(37)34-14-12-33(13-15-34)23-8-4-3-5-9-23/h3-11,16-17H,12-15,19H2,1-2H3/b27-17+. The van der Waals surface area contributed by atoms with Crippen molar-refractivity contribution in [3.05, 3.63) is 88.1 Å². The van der Waals surface area contributed by atoms with Gasteiger partial charge in [0.2, 0.25) is 5.91 Å². The Kier molecular flexibility index (Phi) is 7.15. The van der Waals surface area contributed by atoms with Crippen molar-refractivity contribution >= 4 is 62.0 Å². The lowest BCUT2D eigenvalue weighted by Gasteiger charge is -2.36. The van der Waals surface area contributed by atoms with Crippen molar-refractivity contribution in [1.29, 1.82) is 5.26 Å². The molecule has 4 heterocycles. The number of carbonyl (C=O) groups is 3. The Balaban J connectivity index is 1.18. The smallest absolute Gasteiger partial charge is 0.294 e. The van der Waals surface area contributed by atoms with Crippen molar-refractivity contribution in [3.63, 3.8) is 0 Å². The van der Waals surface area contributed by atoms with Crippen LogP contribution in [0, 0.1) is 25.2 Å². The number of thiophene rings is 1. The molecule has 0 aliphatic carbocycles. The van der Waals surface area contributed by atoms with E-state index in [0.29, 0.717) is 31.7 Å². The van der Waals surface area contributed by atoms with Gasteiger partial charge in [0.25, 0.3) is 11.1 Å². The van der Waals surface area contributed by atoms with Crippen LogP contribution in [-0.2, 0) is 9.59 Å². The van der Waals surface area contributed by atoms with E-state index >= 15 is 0 Å². The fourth-order valence-electron chi connectivity index (χ4n) is 5.41. The zero-order chi connectivity index (χ0) is 28.7. The maximum atomic E-state index is 13.3. The number of nitrogens with zero attached hydrogens (tertiary/aromatic N) is 5. The first-order chi connectivity index (χ1) is 19.9. The molecule has 0 N–H and O–H groups in total. The van der Waals surface area contributed by atoms with Gasteiger partial charge >= 0.3 is 0 Å². The van der Waals surface area contributed by atoms with Crippen LogP contribution in [0.3, 0.4) is 0 Å². The van der Waals surface area contributed by atoms with E-state index < -0.39 is 11.1 Å². The number of benzene rings is 2. The summed E-state index contributed by atoms with van der Waals surface area (Å²) in [5.74, 6) is -0.686. The fraction of sp³-hybridized carbons (Fsp3) is 0.226. The number of hydrogen-bond donors (Lipinski definition) is 0.